The number of nitrogens with one attached hydrogen (secondary N) is 2. The largest absolute Gasteiger partial charge is 0.352 e. The van der Waals surface area contributed by atoms with E-state index in [0.717, 1.165) is 10.0 Å². The number of amides is 2. The molecule has 0 radical (unpaired) electrons. The highest BCUT2D eigenvalue weighted by molar-refractivity contribution is 9.10. The number of fused-ring (bicyclic) bond motifs is 1. The second-order valence-electron chi connectivity index (χ2n) is 7.78. The van der Waals surface area contributed by atoms with Gasteiger partial charge < -0.3 is 10.6 Å². The van der Waals surface area contributed by atoms with Gasteiger partial charge in [-0.15, -0.1) is 0 Å². The quantitative estimate of drug-likeness (QED) is 0.507. The van der Waals surface area contributed by atoms with Crippen LogP contribution in [0.5, 0.6) is 0 Å². The van der Waals surface area contributed by atoms with Crippen LogP contribution < -0.4 is 16.2 Å². The average molecular weight is 485 g/mol. The Morgan fingerprint density at radius 1 is 1.13 bits per heavy atom. The summed E-state index contributed by atoms with van der Waals surface area (Å²) in [6.45, 7) is 4.56. The van der Waals surface area contributed by atoms with E-state index in [1.54, 1.807) is 12.1 Å². The van der Waals surface area contributed by atoms with Crippen LogP contribution in [0.15, 0.2) is 58.1 Å². The van der Waals surface area contributed by atoms with E-state index in [2.05, 4.69) is 31.5 Å². The maximum atomic E-state index is 12.6. The Morgan fingerprint density at radius 3 is 2.71 bits per heavy atom. The highest BCUT2D eigenvalue weighted by Crippen LogP contribution is 2.15. The van der Waals surface area contributed by atoms with E-state index >= 15 is 0 Å². The molecule has 0 bridgehead atoms. The van der Waals surface area contributed by atoms with E-state index in [0.29, 0.717) is 29.6 Å². The van der Waals surface area contributed by atoms with E-state index in [9.17, 15) is 14.4 Å². The highest BCUT2D eigenvalue weighted by atomic mass is 79.9. The average Bonchev–Trinajstić information content (AvgIpc) is 2.72. The molecule has 0 unspecified atom stereocenters. The molecule has 2 N–H and O–H groups in total. The second-order valence-corrected chi connectivity index (χ2v) is 8.69. The first-order valence-electron chi connectivity index (χ1n) is 10.1. The van der Waals surface area contributed by atoms with Crippen molar-refractivity contribution in [3.05, 3.63) is 69.2 Å². The van der Waals surface area contributed by atoms with Crippen LogP contribution in [0, 0.1) is 5.92 Å². The van der Waals surface area contributed by atoms with Crippen molar-refractivity contribution in [1.82, 2.24) is 14.9 Å². The molecule has 3 rings (SSSR count). The van der Waals surface area contributed by atoms with Gasteiger partial charge in [0.05, 0.1) is 17.2 Å². The van der Waals surface area contributed by atoms with Gasteiger partial charge in [-0.2, -0.15) is 0 Å². The van der Waals surface area contributed by atoms with Crippen LogP contribution in [0.2, 0.25) is 0 Å². The third-order valence-electron chi connectivity index (χ3n) is 4.66. The molecular formula is C23H25BrN4O3. The number of aromatic nitrogens is 2. The number of anilines is 1. The van der Waals surface area contributed by atoms with E-state index in [4.69, 9.17) is 0 Å². The normalized spacial score (nSPS) is 11.0. The first-order chi connectivity index (χ1) is 14.8. The molecule has 1 heterocycles. The second kappa shape index (κ2) is 10.3. The maximum absolute atomic E-state index is 12.6. The molecule has 1 aromatic heterocycles. The third-order valence-corrected chi connectivity index (χ3v) is 5.15. The fourth-order valence-corrected chi connectivity index (χ4v) is 3.50. The Balaban J connectivity index is 1.55. The summed E-state index contributed by atoms with van der Waals surface area (Å²) in [5.74, 6) is 0.0856. The molecule has 0 aliphatic carbocycles. The lowest BCUT2D eigenvalue weighted by Crippen LogP contribution is -2.27. The number of halogens is 1. The number of carbonyl (C=O) groups excluding carboxylic acids is 2. The van der Waals surface area contributed by atoms with Crippen LogP contribution in [-0.4, -0.2) is 21.4 Å². The lowest BCUT2D eigenvalue weighted by Gasteiger charge is -2.10. The monoisotopic (exact) mass is 484 g/mol. The summed E-state index contributed by atoms with van der Waals surface area (Å²) in [7, 11) is 0. The molecule has 2 amide bonds. The number of hydrogen-bond acceptors (Lipinski definition) is 4. The van der Waals surface area contributed by atoms with Gasteiger partial charge in [0.2, 0.25) is 11.8 Å². The van der Waals surface area contributed by atoms with Gasteiger partial charge in [-0.1, -0.05) is 41.9 Å². The Hall–Kier alpha value is -3.00. The van der Waals surface area contributed by atoms with Crippen LogP contribution in [0.25, 0.3) is 10.9 Å². The summed E-state index contributed by atoms with van der Waals surface area (Å²) in [5.41, 5.74) is 2.03. The summed E-state index contributed by atoms with van der Waals surface area (Å²) in [4.78, 5) is 41.1. The molecule has 162 valence electrons. The Kier molecular flexibility index (Phi) is 7.57. The van der Waals surface area contributed by atoms with Crippen molar-refractivity contribution in [2.45, 2.75) is 39.8 Å². The van der Waals surface area contributed by atoms with Crippen LogP contribution >= 0.6 is 15.9 Å². The molecule has 7 nitrogen and oxygen atoms in total. The van der Waals surface area contributed by atoms with Crippen LogP contribution in [0.1, 0.15) is 32.3 Å². The molecule has 0 saturated heterocycles. The summed E-state index contributed by atoms with van der Waals surface area (Å²) in [6.07, 6.45) is 2.09. The van der Waals surface area contributed by atoms with Crippen molar-refractivity contribution in [2.24, 2.45) is 5.92 Å². The summed E-state index contributed by atoms with van der Waals surface area (Å²) in [5, 5.41) is 6.23. The molecule has 0 aliphatic heterocycles. The minimum absolute atomic E-state index is 0.0300. The molecule has 0 atom stereocenters. The number of benzene rings is 2. The molecule has 0 saturated carbocycles. The van der Waals surface area contributed by atoms with Crippen LogP contribution in [0.3, 0.4) is 0 Å². The minimum Gasteiger partial charge on any atom is -0.352 e. The Bertz CT molecular complexity index is 1160. The van der Waals surface area contributed by atoms with Crippen LogP contribution in [0.4, 0.5) is 5.69 Å². The lowest BCUT2D eigenvalue weighted by atomic mass is 10.1. The van der Waals surface area contributed by atoms with Crippen molar-refractivity contribution >= 4 is 44.3 Å². The predicted molar refractivity (Wildman–Crippen MR) is 125 cm³/mol. The maximum Gasteiger partial charge on any atom is 0.261 e. The molecule has 8 heteroatoms. The van der Waals surface area contributed by atoms with E-state index in [1.807, 2.05) is 44.2 Å². The fraction of sp³-hybridized carbons (Fsp3) is 0.304. The lowest BCUT2D eigenvalue weighted by molar-refractivity contribution is -0.121. The Morgan fingerprint density at radius 2 is 1.94 bits per heavy atom. The van der Waals surface area contributed by atoms with E-state index in [1.165, 1.54) is 10.9 Å². The molecule has 2 aromatic carbocycles. The van der Waals surface area contributed by atoms with Gasteiger partial charge in [-0.05, 0) is 41.8 Å². The summed E-state index contributed by atoms with van der Waals surface area (Å²) < 4.78 is 2.25. The summed E-state index contributed by atoms with van der Waals surface area (Å²) >= 11 is 3.36. The minimum atomic E-state index is -0.177. The van der Waals surface area contributed by atoms with Gasteiger partial charge in [0.25, 0.3) is 5.56 Å². The SMILES string of the molecule is CC(C)CC(=O)Nc1cccc(CNC(=O)CCn2cnc3ccc(Br)cc3c2=O)c1. The van der Waals surface area contributed by atoms with E-state index in [-0.39, 0.29) is 36.3 Å². The van der Waals surface area contributed by atoms with Gasteiger partial charge in [0.15, 0.2) is 0 Å². The van der Waals surface area contributed by atoms with Crippen molar-refractivity contribution < 1.29 is 9.59 Å². The molecule has 0 fully saturated rings. The number of rotatable bonds is 8. The van der Waals surface area contributed by atoms with Gasteiger partial charge in [-0.25, -0.2) is 4.98 Å². The number of carbonyl (C=O) groups is 2. The fourth-order valence-electron chi connectivity index (χ4n) is 3.14. The van der Waals surface area contributed by atoms with Gasteiger partial charge >= 0.3 is 0 Å². The molecule has 3 aromatic rings. The molecule has 31 heavy (non-hydrogen) atoms. The first kappa shape index (κ1) is 22.7. The van der Waals surface area contributed by atoms with Crippen molar-refractivity contribution in [3.8, 4) is 0 Å². The smallest absolute Gasteiger partial charge is 0.261 e. The number of nitrogens with zero attached hydrogens (tertiary/aromatic N) is 2. The molecule has 0 aliphatic rings. The zero-order valence-electron chi connectivity index (χ0n) is 17.5. The van der Waals surface area contributed by atoms with Gasteiger partial charge in [0, 0.05) is 36.1 Å². The third kappa shape index (κ3) is 6.49. The number of aryl methyl sites for hydroxylation is 1. The Labute approximate surface area is 189 Å². The van der Waals surface area contributed by atoms with E-state index < -0.39 is 0 Å². The topological polar surface area (TPSA) is 93.1 Å². The summed E-state index contributed by atoms with van der Waals surface area (Å²) in [6, 6.07) is 12.7. The van der Waals surface area contributed by atoms with Crippen LogP contribution in [-0.2, 0) is 22.7 Å². The predicted octanol–water partition coefficient (Wildman–Crippen LogP) is 3.85. The standard InChI is InChI=1S/C23H25BrN4O3/c1-15(2)10-22(30)27-18-5-3-4-16(11-18)13-25-21(29)8-9-28-14-26-20-7-6-17(24)12-19(20)23(28)31/h3-7,11-12,14-15H,8-10,13H2,1-2H3,(H,25,29)(H,27,30). The van der Waals surface area contributed by atoms with Crippen molar-refractivity contribution in [1.29, 1.82) is 0 Å². The van der Waals surface area contributed by atoms with Gasteiger partial charge in [0.1, 0.15) is 0 Å². The number of hydrogen-bond donors (Lipinski definition) is 2. The zero-order chi connectivity index (χ0) is 22.4. The zero-order valence-corrected chi connectivity index (χ0v) is 19.1. The molecular weight excluding hydrogens is 460 g/mol. The van der Waals surface area contributed by atoms with Crippen molar-refractivity contribution in [3.63, 3.8) is 0 Å². The van der Waals surface area contributed by atoms with Gasteiger partial charge in [-0.3, -0.25) is 19.0 Å². The molecule has 0 spiro atoms. The first-order valence-corrected chi connectivity index (χ1v) is 10.9. The van der Waals surface area contributed by atoms with Crippen molar-refractivity contribution in [2.75, 3.05) is 5.32 Å². The highest BCUT2D eigenvalue weighted by Gasteiger charge is 2.09.